The summed E-state index contributed by atoms with van der Waals surface area (Å²) in [7, 11) is 1.62. The van der Waals surface area contributed by atoms with Crippen LogP contribution < -0.4 is 4.74 Å². The van der Waals surface area contributed by atoms with Crippen LogP contribution in [0.2, 0.25) is 0 Å². The van der Waals surface area contributed by atoms with Gasteiger partial charge in [-0.1, -0.05) is 13.3 Å². The maximum Gasteiger partial charge on any atom is 0.126 e. The Morgan fingerprint density at radius 3 is 2.81 bits per heavy atom. The van der Waals surface area contributed by atoms with Crippen molar-refractivity contribution in [3.8, 4) is 11.5 Å². The lowest BCUT2D eigenvalue weighted by atomic mass is 10.1. The van der Waals surface area contributed by atoms with Crippen molar-refractivity contribution in [2.45, 2.75) is 19.8 Å². The molecule has 0 bridgehead atoms. The molecule has 1 aromatic carbocycles. The van der Waals surface area contributed by atoms with E-state index in [1.165, 1.54) is 0 Å². The molecule has 0 aliphatic heterocycles. The van der Waals surface area contributed by atoms with Gasteiger partial charge in [0.1, 0.15) is 11.5 Å². The van der Waals surface area contributed by atoms with Crippen LogP contribution in [0.5, 0.6) is 11.5 Å². The van der Waals surface area contributed by atoms with Gasteiger partial charge in [0.25, 0.3) is 0 Å². The van der Waals surface area contributed by atoms with Crippen LogP contribution >= 0.6 is 0 Å². The van der Waals surface area contributed by atoms with Crippen molar-refractivity contribution in [1.29, 1.82) is 0 Å². The van der Waals surface area contributed by atoms with Gasteiger partial charge in [0.2, 0.25) is 0 Å². The third-order valence-corrected chi connectivity index (χ3v) is 2.55. The van der Waals surface area contributed by atoms with Crippen molar-refractivity contribution >= 4 is 10.9 Å². The van der Waals surface area contributed by atoms with Crippen LogP contribution in [0.3, 0.4) is 0 Å². The van der Waals surface area contributed by atoms with Gasteiger partial charge in [-0.3, -0.25) is 4.98 Å². The molecule has 1 aromatic heterocycles. The van der Waals surface area contributed by atoms with Crippen molar-refractivity contribution in [3.63, 3.8) is 0 Å². The molecule has 0 saturated carbocycles. The number of aryl methyl sites for hydroxylation is 1. The molecule has 84 valence electrons. The van der Waals surface area contributed by atoms with Crippen LogP contribution in [-0.4, -0.2) is 17.2 Å². The smallest absolute Gasteiger partial charge is 0.126 e. The molecule has 0 aliphatic carbocycles. The third-order valence-electron chi connectivity index (χ3n) is 2.55. The molecule has 0 aliphatic rings. The first-order chi connectivity index (χ1) is 7.74. The van der Waals surface area contributed by atoms with Gasteiger partial charge < -0.3 is 9.84 Å². The standard InChI is InChI=1S/C13H15NO2/c1-3-4-9-7-13(15)11-6-5-10(16-2)8-12(11)14-9/h5-8H,3-4H2,1-2H3,(H,14,15). The number of fused-ring (bicyclic) bond motifs is 1. The fourth-order valence-electron chi connectivity index (χ4n) is 1.75. The van der Waals surface area contributed by atoms with Gasteiger partial charge in [0, 0.05) is 23.2 Å². The summed E-state index contributed by atoms with van der Waals surface area (Å²) in [5.41, 5.74) is 1.70. The van der Waals surface area contributed by atoms with Gasteiger partial charge >= 0.3 is 0 Å². The van der Waals surface area contributed by atoms with E-state index in [4.69, 9.17) is 4.74 Å². The van der Waals surface area contributed by atoms with Crippen LogP contribution in [-0.2, 0) is 6.42 Å². The Labute approximate surface area is 94.7 Å². The first kappa shape index (κ1) is 10.7. The lowest BCUT2D eigenvalue weighted by Crippen LogP contribution is -1.91. The highest BCUT2D eigenvalue weighted by Gasteiger charge is 2.05. The van der Waals surface area contributed by atoms with Crippen LogP contribution in [0.15, 0.2) is 24.3 Å². The molecule has 0 radical (unpaired) electrons. The summed E-state index contributed by atoms with van der Waals surface area (Å²) in [5.74, 6) is 1.05. The van der Waals surface area contributed by atoms with Gasteiger partial charge in [-0.25, -0.2) is 0 Å². The quantitative estimate of drug-likeness (QED) is 0.859. The second kappa shape index (κ2) is 4.39. The van der Waals surface area contributed by atoms with E-state index in [0.29, 0.717) is 0 Å². The Morgan fingerprint density at radius 2 is 2.12 bits per heavy atom. The molecule has 1 N–H and O–H groups in total. The van der Waals surface area contributed by atoms with Crippen molar-refractivity contribution in [1.82, 2.24) is 4.98 Å². The summed E-state index contributed by atoms with van der Waals surface area (Å²) in [4.78, 5) is 4.49. The minimum Gasteiger partial charge on any atom is -0.507 e. The van der Waals surface area contributed by atoms with Crippen molar-refractivity contribution in [2.75, 3.05) is 7.11 Å². The summed E-state index contributed by atoms with van der Waals surface area (Å²) in [6.07, 6.45) is 1.89. The minimum atomic E-state index is 0.288. The monoisotopic (exact) mass is 217 g/mol. The van der Waals surface area contributed by atoms with E-state index in [0.717, 1.165) is 35.2 Å². The Hall–Kier alpha value is -1.77. The average molecular weight is 217 g/mol. The summed E-state index contributed by atoms with van der Waals surface area (Å²) in [5, 5.41) is 10.6. The molecule has 16 heavy (non-hydrogen) atoms. The lowest BCUT2D eigenvalue weighted by Gasteiger charge is -2.06. The lowest BCUT2D eigenvalue weighted by molar-refractivity contribution is 0.415. The number of hydrogen-bond donors (Lipinski definition) is 1. The third kappa shape index (κ3) is 1.94. The molecule has 0 atom stereocenters. The maximum absolute atomic E-state index is 9.86. The van der Waals surface area contributed by atoms with Gasteiger partial charge in [-0.05, 0) is 18.6 Å². The zero-order valence-electron chi connectivity index (χ0n) is 9.53. The predicted molar refractivity (Wildman–Crippen MR) is 64.0 cm³/mol. The normalized spacial score (nSPS) is 10.6. The average Bonchev–Trinajstić information content (AvgIpc) is 2.28. The molecule has 0 unspecified atom stereocenters. The molecule has 0 saturated heterocycles. The fourth-order valence-corrected chi connectivity index (χ4v) is 1.75. The summed E-state index contributed by atoms with van der Waals surface area (Å²) in [6.45, 7) is 2.09. The molecule has 0 spiro atoms. The highest BCUT2D eigenvalue weighted by molar-refractivity contribution is 5.86. The number of hydrogen-bond acceptors (Lipinski definition) is 3. The zero-order valence-corrected chi connectivity index (χ0v) is 9.53. The zero-order chi connectivity index (χ0) is 11.5. The Morgan fingerprint density at radius 1 is 1.31 bits per heavy atom. The first-order valence-electron chi connectivity index (χ1n) is 5.41. The van der Waals surface area contributed by atoms with E-state index in [-0.39, 0.29) is 5.75 Å². The Bertz CT molecular complexity index is 509. The number of aromatic hydroxyl groups is 1. The van der Waals surface area contributed by atoms with E-state index in [1.807, 2.05) is 18.2 Å². The van der Waals surface area contributed by atoms with E-state index >= 15 is 0 Å². The second-order valence-electron chi connectivity index (χ2n) is 3.77. The van der Waals surface area contributed by atoms with Gasteiger partial charge in [-0.15, -0.1) is 0 Å². The summed E-state index contributed by atoms with van der Waals surface area (Å²) >= 11 is 0. The number of methoxy groups -OCH3 is 1. The number of ether oxygens (including phenoxy) is 1. The minimum absolute atomic E-state index is 0.288. The van der Waals surface area contributed by atoms with Gasteiger partial charge in [0.15, 0.2) is 0 Å². The predicted octanol–water partition coefficient (Wildman–Crippen LogP) is 2.90. The molecule has 3 heteroatoms. The van der Waals surface area contributed by atoms with Crippen LogP contribution in [0, 0.1) is 0 Å². The molecular weight excluding hydrogens is 202 g/mol. The highest BCUT2D eigenvalue weighted by Crippen LogP contribution is 2.27. The maximum atomic E-state index is 9.86. The van der Waals surface area contributed by atoms with E-state index in [2.05, 4.69) is 11.9 Å². The molecule has 3 nitrogen and oxygen atoms in total. The molecule has 2 aromatic rings. The van der Waals surface area contributed by atoms with E-state index < -0.39 is 0 Å². The van der Waals surface area contributed by atoms with Crippen LogP contribution in [0.25, 0.3) is 10.9 Å². The van der Waals surface area contributed by atoms with Crippen LogP contribution in [0.1, 0.15) is 19.0 Å². The van der Waals surface area contributed by atoms with Gasteiger partial charge in [0.05, 0.1) is 12.6 Å². The topological polar surface area (TPSA) is 42.4 Å². The van der Waals surface area contributed by atoms with E-state index in [9.17, 15) is 5.11 Å². The largest absolute Gasteiger partial charge is 0.507 e. The number of pyridine rings is 1. The number of nitrogens with zero attached hydrogens (tertiary/aromatic N) is 1. The van der Waals surface area contributed by atoms with Crippen molar-refractivity contribution in [3.05, 3.63) is 30.0 Å². The van der Waals surface area contributed by atoms with E-state index in [1.54, 1.807) is 13.2 Å². The SMILES string of the molecule is CCCc1cc(O)c2ccc(OC)cc2n1. The molecule has 2 rings (SSSR count). The van der Waals surface area contributed by atoms with Gasteiger partial charge in [-0.2, -0.15) is 0 Å². The molecular formula is C13H15NO2. The Kier molecular flexibility index (Phi) is 2.95. The first-order valence-corrected chi connectivity index (χ1v) is 5.41. The number of benzene rings is 1. The van der Waals surface area contributed by atoms with Crippen molar-refractivity contribution < 1.29 is 9.84 Å². The highest BCUT2D eigenvalue weighted by atomic mass is 16.5. The summed E-state index contributed by atoms with van der Waals surface area (Å²) < 4.78 is 5.14. The summed E-state index contributed by atoms with van der Waals surface area (Å²) in [6, 6.07) is 7.22. The Balaban J connectivity index is 2.58. The number of aromatic nitrogens is 1. The second-order valence-corrected chi connectivity index (χ2v) is 3.77. The fraction of sp³-hybridized carbons (Fsp3) is 0.308. The van der Waals surface area contributed by atoms with Crippen LogP contribution in [0.4, 0.5) is 0 Å². The molecule has 0 amide bonds. The number of rotatable bonds is 3. The molecule has 1 heterocycles. The van der Waals surface area contributed by atoms with Crippen molar-refractivity contribution in [2.24, 2.45) is 0 Å². The molecule has 0 fully saturated rings.